The molecule has 96 valence electrons. The summed E-state index contributed by atoms with van der Waals surface area (Å²) < 4.78 is 0. The number of aliphatic hydroxyl groups excluding tert-OH is 1. The molecule has 0 aliphatic carbocycles. The van der Waals surface area contributed by atoms with Crippen molar-refractivity contribution < 1.29 is 5.11 Å². The van der Waals surface area contributed by atoms with Crippen molar-refractivity contribution in [1.29, 1.82) is 0 Å². The first-order valence-corrected chi connectivity index (χ1v) is 7.05. The highest BCUT2D eigenvalue weighted by Crippen LogP contribution is 2.27. The summed E-state index contributed by atoms with van der Waals surface area (Å²) in [7, 11) is 0. The van der Waals surface area contributed by atoms with Crippen LogP contribution in [0.3, 0.4) is 0 Å². The largest absolute Gasteiger partial charge is 0.388 e. The fourth-order valence-electron chi connectivity index (χ4n) is 1.99. The van der Waals surface area contributed by atoms with Crippen LogP contribution >= 0.6 is 11.3 Å². The SMILES string of the molecule is Cc1nc(CC(C)C(O)c2ccccc2)sc1C. The molecule has 0 saturated carbocycles. The summed E-state index contributed by atoms with van der Waals surface area (Å²) in [4.78, 5) is 5.80. The van der Waals surface area contributed by atoms with Crippen LogP contribution in [0, 0.1) is 19.8 Å². The van der Waals surface area contributed by atoms with Crippen molar-refractivity contribution in [3.63, 3.8) is 0 Å². The van der Waals surface area contributed by atoms with Gasteiger partial charge in [-0.25, -0.2) is 4.98 Å². The standard InChI is InChI=1S/C15H19NOS/c1-10(9-14-16-11(2)12(3)18-14)15(17)13-7-5-4-6-8-13/h4-8,10,15,17H,9H2,1-3H3. The summed E-state index contributed by atoms with van der Waals surface area (Å²) in [6.45, 7) is 6.20. The fourth-order valence-corrected chi connectivity index (χ4v) is 3.07. The molecule has 2 nitrogen and oxygen atoms in total. The second-order valence-electron chi connectivity index (χ2n) is 4.79. The van der Waals surface area contributed by atoms with E-state index < -0.39 is 6.10 Å². The second-order valence-corrected chi connectivity index (χ2v) is 6.07. The Morgan fingerprint density at radius 3 is 2.44 bits per heavy atom. The molecular weight excluding hydrogens is 242 g/mol. The summed E-state index contributed by atoms with van der Waals surface area (Å²) in [5.74, 6) is 0.178. The number of hydrogen-bond acceptors (Lipinski definition) is 3. The van der Waals surface area contributed by atoms with E-state index in [-0.39, 0.29) is 5.92 Å². The van der Waals surface area contributed by atoms with E-state index in [4.69, 9.17) is 0 Å². The molecule has 0 bridgehead atoms. The molecule has 1 aromatic heterocycles. The number of aliphatic hydroxyl groups is 1. The topological polar surface area (TPSA) is 33.1 Å². The smallest absolute Gasteiger partial charge is 0.0934 e. The number of hydrogen-bond donors (Lipinski definition) is 1. The number of thiazole rings is 1. The van der Waals surface area contributed by atoms with Gasteiger partial charge in [0.05, 0.1) is 16.8 Å². The van der Waals surface area contributed by atoms with Crippen LogP contribution in [0.25, 0.3) is 0 Å². The summed E-state index contributed by atoms with van der Waals surface area (Å²) >= 11 is 1.73. The second kappa shape index (κ2) is 5.63. The van der Waals surface area contributed by atoms with Gasteiger partial charge in [0.1, 0.15) is 0 Å². The first-order chi connectivity index (χ1) is 8.58. The van der Waals surface area contributed by atoms with E-state index in [0.29, 0.717) is 0 Å². The highest BCUT2D eigenvalue weighted by molar-refractivity contribution is 7.11. The van der Waals surface area contributed by atoms with Crippen LogP contribution < -0.4 is 0 Å². The number of nitrogens with zero attached hydrogens (tertiary/aromatic N) is 1. The minimum Gasteiger partial charge on any atom is -0.388 e. The molecular formula is C15H19NOS. The Hall–Kier alpha value is -1.19. The van der Waals surface area contributed by atoms with Gasteiger partial charge in [0, 0.05) is 11.3 Å². The molecule has 0 spiro atoms. The van der Waals surface area contributed by atoms with Crippen LogP contribution in [0.4, 0.5) is 0 Å². The van der Waals surface area contributed by atoms with Crippen molar-refractivity contribution in [2.24, 2.45) is 5.92 Å². The van der Waals surface area contributed by atoms with E-state index in [9.17, 15) is 5.11 Å². The van der Waals surface area contributed by atoms with Gasteiger partial charge >= 0.3 is 0 Å². The summed E-state index contributed by atoms with van der Waals surface area (Å²) in [5, 5.41) is 11.4. The molecule has 2 unspecified atom stereocenters. The lowest BCUT2D eigenvalue weighted by Gasteiger charge is -2.18. The molecule has 0 amide bonds. The molecule has 0 aliphatic heterocycles. The maximum atomic E-state index is 10.3. The highest BCUT2D eigenvalue weighted by Gasteiger charge is 2.18. The Labute approximate surface area is 112 Å². The molecule has 0 saturated heterocycles. The van der Waals surface area contributed by atoms with Gasteiger partial charge in [0.15, 0.2) is 0 Å². The van der Waals surface area contributed by atoms with Crippen LogP contribution in [0.5, 0.6) is 0 Å². The Morgan fingerprint density at radius 2 is 1.89 bits per heavy atom. The lowest BCUT2D eigenvalue weighted by Crippen LogP contribution is -2.11. The molecule has 3 heteroatoms. The molecule has 1 aromatic carbocycles. The highest BCUT2D eigenvalue weighted by atomic mass is 32.1. The molecule has 0 aliphatic rings. The van der Waals surface area contributed by atoms with E-state index in [1.54, 1.807) is 11.3 Å². The van der Waals surface area contributed by atoms with Crippen LogP contribution in [-0.4, -0.2) is 10.1 Å². The lowest BCUT2D eigenvalue weighted by molar-refractivity contribution is 0.117. The summed E-state index contributed by atoms with van der Waals surface area (Å²) in [6.07, 6.45) is 0.408. The van der Waals surface area contributed by atoms with Gasteiger partial charge in [-0.2, -0.15) is 0 Å². The molecule has 2 rings (SSSR count). The van der Waals surface area contributed by atoms with Gasteiger partial charge in [-0.05, 0) is 25.3 Å². The third-order valence-electron chi connectivity index (χ3n) is 3.25. The number of aromatic nitrogens is 1. The van der Waals surface area contributed by atoms with Crippen molar-refractivity contribution in [3.8, 4) is 0 Å². The Balaban J connectivity index is 2.06. The molecule has 18 heavy (non-hydrogen) atoms. The van der Waals surface area contributed by atoms with Gasteiger partial charge in [0.2, 0.25) is 0 Å². The zero-order valence-electron chi connectivity index (χ0n) is 11.1. The van der Waals surface area contributed by atoms with Crippen LogP contribution in [-0.2, 0) is 6.42 Å². The molecule has 0 radical (unpaired) electrons. The number of rotatable bonds is 4. The maximum absolute atomic E-state index is 10.3. The molecule has 2 aromatic rings. The fraction of sp³-hybridized carbons (Fsp3) is 0.400. The Morgan fingerprint density at radius 1 is 1.22 bits per heavy atom. The van der Waals surface area contributed by atoms with E-state index >= 15 is 0 Å². The normalized spacial score (nSPS) is 14.4. The average molecular weight is 261 g/mol. The van der Waals surface area contributed by atoms with Crippen molar-refractivity contribution in [3.05, 3.63) is 51.5 Å². The average Bonchev–Trinajstić information content (AvgIpc) is 2.68. The Kier molecular flexibility index (Phi) is 4.15. The number of benzene rings is 1. The van der Waals surface area contributed by atoms with E-state index in [1.165, 1.54) is 4.88 Å². The van der Waals surface area contributed by atoms with Gasteiger partial charge < -0.3 is 5.11 Å². The van der Waals surface area contributed by atoms with Gasteiger partial charge in [-0.3, -0.25) is 0 Å². The van der Waals surface area contributed by atoms with Crippen molar-refractivity contribution in [2.45, 2.75) is 33.3 Å². The van der Waals surface area contributed by atoms with Crippen LogP contribution in [0.15, 0.2) is 30.3 Å². The Bertz CT molecular complexity index is 487. The molecule has 0 fully saturated rings. The summed E-state index contributed by atoms with van der Waals surface area (Å²) in [6, 6.07) is 9.83. The van der Waals surface area contributed by atoms with Gasteiger partial charge in [0.25, 0.3) is 0 Å². The maximum Gasteiger partial charge on any atom is 0.0934 e. The van der Waals surface area contributed by atoms with Crippen LogP contribution in [0.2, 0.25) is 0 Å². The van der Waals surface area contributed by atoms with Crippen molar-refractivity contribution in [1.82, 2.24) is 4.98 Å². The first kappa shape index (κ1) is 13.2. The zero-order chi connectivity index (χ0) is 13.1. The predicted molar refractivity (Wildman–Crippen MR) is 75.9 cm³/mol. The van der Waals surface area contributed by atoms with E-state index in [2.05, 4.69) is 18.8 Å². The van der Waals surface area contributed by atoms with Crippen molar-refractivity contribution >= 4 is 11.3 Å². The summed E-state index contributed by atoms with van der Waals surface area (Å²) in [5.41, 5.74) is 2.09. The predicted octanol–water partition coefficient (Wildman–Crippen LogP) is 3.67. The molecule has 2 atom stereocenters. The van der Waals surface area contributed by atoms with E-state index in [0.717, 1.165) is 22.7 Å². The third-order valence-corrected chi connectivity index (χ3v) is 4.34. The minimum absolute atomic E-state index is 0.178. The van der Waals surface area contributed by atoms with Gasteiger partial charge in [-0.15, -0.1) is 11.3 Å². The minimum atomic E-state index is -0.421. The first-order valence-electron chi connectivity index (χ1n) is 6.24. The monoisotopic (exact) mass is 261 g/mol. The zero-order valence-corrected chi connectivity index (χ0v) is 11.9. The van der Waals surface area contributed by atoms with E-state index in [1.807, 2.05) is 37.3 Å². The quantitative estimate of drug-likeness (QED) is 0.911. The van der Waals surface area contributed by atoms with Gasteiger partial charge in [-0.1, -0.05) is 37.3 Å². The lowest BCUT2D eigenvalue weighted by atomic mass is 9.95. The van der Waals surface area contributed by atoms with Crippen LogP contribution in [0.1, 0.15) is 34.2 Å². The third kappa shape index (κ3) is 2.98. The van der Waals surface area contributed by atoms with Crippen molar-refractivity contribution in [2.75, 3.05) is 0 Å². The molecule has 1 heterocycles. The number of aryl methyl sites for hydroxylation is 2. The molecule has 1 N–H and O–H groups in total.